The highest BCUT2D eigenvalue weighted by Crippen LogP contribution is 2.49. The first-order chi connectivity index (χ1) is 18.9. The van der Waals surface area contributed by atoms with E-state index in [0.29, 0.717) is 0 Å². The van der Waals surface area contributed by atoms with Crippen molar-refractivity contribution in [2.75, 3.05) is 18.1 Å². The van der Waals surface area contributed by atoms with E-state index in [1.165, 1.54) is 24.7 Å². The number of imidazole rings is 1. The van der Waals surface area contributed by atoms with Gasteiger partial charge in [-0.15, -0.1) is 0 Å². The van der Waals surface area contributed by atoms with Gasteiger partial charge in [-0.2, -0.15) is 20.3 Å². The number of hydrogen-bond acceptors (Lipinski definition) is 13. The Balaban J connectivity index is 1.59. The summed E-state index contributed by atoms with van der Waals surface area (Å²) >= 11 is 0. The largest absolute Gasteiger partial charge is 0.462 e. The van der Waals surface area contributed by atoms with Crippen LogP contribution in [-0.2, 0) is 23.4 Å². The van der Waals surface area contributed by atoms with Crippen molar-refractivity contribution in [3.8, 4) is 11.8 Å². The number of esters is 1. The Hall–Kier alpha value is -3.80. The van der Waals surface area contributed by atoms with Crippen molar-refractivity contribution in [1.29, 1.82) is 5.26 Å². The number of aromatic nitrogens is 4. The van der Waals surface area contributed by atoms with E-state index in [2.05, 4.69) is 26.1 Å². The fourth-order valence-corrected chi connectivity index (χ4v) is 5.66. The van der Waals surface area contributed by atoms with Gasteiger partial charge >= 0.3 is 13.7 Å². The summed E-state index contributed by atoms with van der Waals surface area (Å²) in [5.41, 5.74) is 10.6. The Kier molecular flexibility index (Phi) is 8.29. The minimum Gasteiger partial charge on any atom is -0.462 e. The molecule has 6 atom stereocenters. The summed E-state index contributed by atoms with van der Waals surface area (Å²) in [5.74, 6) is -0.542. The molecule has 16 heteroatoms. The number of nitriles is 1. The maximum atomic E-state index is 13.8. The van der Waals surface area contributed by atoms with Crippen molar-refractivity contribution in [3.63, 3.8) is 0 Å². The van der Waals surface area contributed by atoms with Gasteiger partial charge in [0.15, 0.2) is 17.7 Å². The summed E-state index contributed by atoms with van der Waals surface area (Å²) in [4.78, 5) is 24.6. The fourth-order valence-electron chi connectivity index (χ4n) is 4.15. The van der Waals surface area contributed by atoms with Crippen molar-refractivity contribution in [2.24, 2.45) is 5.41 Å². The summed E-state index contributed by atoms with van der Waals surface area (Å²) in [6.45, 7) is 5.82. The van der Waals surface area contributed by atoms with Gasteiger partial charge in [0.25, 0.3) is 0 Å². The third kappa shape index (κ3) is 5.86. The van der Waals surface area contributed by atoms with E-state index < -0.39 is 56.3 Å². The normalized spacial score (nSPS) is 24.9. The van der Waals surface area contributed by atoms with Crippen LogP contribution in [0.3, 0.4) is 0 Å². The predicted molar refractivity (Wildman–Crippen MR) is 142 cm³/mol. The zero-order valence-electron chi connectivity index (χ0n) is 22.3. The van der Waals surface area contributed by atoms with Crippen LogP contribution in [0.1, 0.15) is 33.9 Å². The molecule has 40 heavy (non-hydrogen) atoms. The molecule has 0 unspecified atom stereocenters. The van der Waals surface area contributed by atoms with Crippen molar-refractivity contribution in [1.82, 2.24) is 24.6 Å². The Bertz CT molecular complexity index is 1460. The quantitative estimate of drug-likeness (QED) is 0.201. The Morgan fingerprint density at radius 3 is 2.65 bits per heavy atom. The minimum atomic E-state index is -4.25. The number of aliphatic hydroxyl groups is 1. The van der Waals surface area contributed by atoms with Crippen LogP contribution in [0.25, 0.3) is 11.2 Å². The number of fused-ring (bicyclic) bond motifs is 1. The van der Waals surface area contributed by atoms with Gasteiger partial charge in [-0.05, 0) is 39.8 Å². The van der Waals surface area contributed by atoms with E-state index >= 15 is 0 Å². The number of nitrogens with zero attached hydrogens (tertiary/aromatic N) is 5. The number of ether oxygens (including phenoxy) is 2. The first-order valence-electron chi connectivity index (χ1n) is 12.3. The molecule has 1 aromatic carbocycles. The molecule has 1 aliphatic heterocycles. The average Bonchev–Trinajstić information content (AvgIpc) is 3.42. The average molecular weight is 575 g/mol. The highest BCUT2D eigenvalue weighted by molar-refractivity contribution is 7.52. The highest BCUT2D eigenvalue weighted by atomic mass is 31.2. The van der Waals surface area contributed by atoms with E-state index in [4.69, 9.17) is 30.0 Å². The number of anilines is 2. The van der Waals surface area contributed by atoms with Gasteiger partial charge in [-0.3, -0.25) is 13.9 Å². The Morgan fingerprint density at radius 1 is 1.30 bits per heavy atom. The van der Waals surface area contributed by atoms with E-state index in [1.54, 1.807) is 44.2 Å². The van der Waals surface area contributed by atoms with E-state index in [0.717, 1.165) is 0 Å². The predicted octanol–water partition coefficient (Wildman–Crippen LogP) is 1.91. The van der Waals surface area contributed by atoms with Gasteiger partial charge in [0.2, 0.25) is 5.95 Å². The molecule has 6 N–H and O–H groups in total. The number of rotatable bonds is 10. The topological polar surface area (TPSA) is 223 Å². The van der Waals surface area contributed by atoms with Crippen LogP contribution in [0.4, 0.5) is 11.8 Å². The van der Waals surface area contributed by atoms with E-state index in [1.807, 2.05) is 0 Å². The van der Waals surface area contributed by atoms with Crippen molar-refractivity contribution in [2.45, 2.75) is 58.3 Å². The highest BCUT2D eigenvalue weighted by Gasteiger charge is 2.55. The van der Waals surface area contributed by atoms with Gasteiger partial charge in [-0.25, -0.2) is 9.55 Å². The monoisotopic (exact) mass is 574 g/mol. The Morgan fingerprint density at radius 2 is 2.00 bits per heavy atom. The molecule has 0 amide bonds. The molecule has 0 bridgehead atoms. The molecule has 2 aromatic heterocycles. The van der Waals surface area contributed by atoms with Crippen molar-refractivity contribution < 1.29 is 33.0 Å². The number of nitrogens with two attached hydrogens (primary N) is 2. The van der Waals surface area contributed by atoms with Gasteiger partial charge < -0.3 is 30.6 Å². The summed E-state index contributed by atoms with van der Waals surface area (Å²) in [6, 6.07) is 9.21. The number of benzene rings is 1. The van der Waals surface area contributed by atoms with Crippen LogP contribution >= 0.6 is 7.75 Å². The molecule has 3 aromatic rings. The lowest BCUT2D eigenvalue weighted by Crippen LogP contribution is -2.39. The molecule has 214 valence electrons. The van der Waals surface area contributed by atoms with Crippen LogP contribution in [0, 0.1) is 16.7 Å². The smallest absolute Gasteiger partial charge is 0.459 e. The van der Waals surface area contributed by atoms with Crippen molar-refractivity contribution in [3.05, 3.63) is 36.7 Å². The molecule has 1 fully saturated rings. The molecule has 15 nitrogen and oxygen atoms in total. The molecular weight excluding hydrogens is 543 g/mol. The molecule has 3 heterocycles. The van der Waals surface area contributed by atoms with Gasteiger partial charge in [0.05, 0.1) is 25.1 Å². The third-order valence-corrected chi connectivity index (χ3v) is 7.82. The standard InChI is InChI=1S/C24H31N8O7P/c1-13(2)37-21(34)14(3)31-40(35,39-15-8-6-5-7-9-15)36-10-16-18(33)24(4,11-25)22(38-16)32-12-28-17-19(26)29-23(27)30-20(17)32/h5-9,12-14,16,18,22,33H,10H2,1-4H3,(H,31,35)(H4,26,27,29,30)/t14-,16-,18-,22-,24-,40+/m1/s1. The van der Waals surface area contributed by atoms with Crippen LogP contribution in [0.2, 0.25) is 0 Å². The van der Waals surface area contributed by atoms with Crippen LogP contribution in [-0.4, -0.2) is 61.6 Å². The number of aliphatic hydroxyl groups excluding tert-OH is 1. The number of carbonyl (C=O) groups excluding carboxylic acids is 1. The molecular formula is C24H31N8O7P. The third-order valence-electron chi connectivity index (χ3n) is 6.18. The molecule has 1 saturated heterocycles. The van der Waals surface area contributed by atoms with Crippen LogP contribution in [0.15, 0.2) is 36.7 Å². The van der Waals surface area contributed by atoms with E-state index in [-0.39, 0.29) is 28.7 Å². The molecule has 4 rings (SSSR count). The number of para-hydroxylation sites is 1. The SMILES string of the molecule is CC(C)OC(=O)[C@@H](C)N[P@](=O)(OC[C@H]1O[C@@H](n2cnc3c(N)nc(N)nc32)[C@](C)(C#N)[C@@H]1O)Oc1ccccc1. The summed E-state index contributed by atoms with van der Waals surface area (Å²) in [5, 5.41) is 23.8. The van der Waals surface area contributed by atoms with Crippen LogP contribution in [0.5, 0.6) is 5.75 Å². The number of carbonyl (C=O) groups is 1. The zero-order valence-corrected chi connectivity index (χ0v) is 23.2. The lowest BCUT2D eigenvalue weighted by molar-refractivity contribution is -0.149. The molecule has 0 aliphatic carbocycles. The molecule has 0 saturated carbocycles. The second kappa shape index (κ2) is 11.4. The first kappa shape index (κ1) is 29.2. The number of nitrogen functional groups attached to an aromatic ring is 2. The fraction of sp³-hybridized carbons (Fsp3) is 0.458. The molecule has 0 spiro atoms. The summed E-state index contributed by atoms with van der Waals surface area (Å²) in [7, 11) is -4.25. The maximum Gasteiger partial charge on any atom is 0.459 e. The summed E-state index contributed by atoms with van der Waals surface area (Å²) < 4.78 is 37.8. The van der Waals surface area contributed by atoms with Gasteiger partial charge in [0, 0.05) is 0 Å². The second-order valence-electron chi connectivity index (χ2n) is 9.69. The van der Waals surface area contributed by atoms with E-state index in [9.17, 15) is 19.7 Å². The minimum absolute atomic E-state index is 0.0357. The van der Waals surface area contributed by atoms with Gasteiger partial charge in [0.1, 0.15) is 34.9 Å². The van der Waals surface area contributed by atoms with Crippen molar-refractivity contribution >= 4 is 36.6 Å². The van der Waals surface area contributed by atoms with Gasteiger partial charge in [-0.1, -0.05) is 18.2 Å². The number of hydrogen-bond donors (Lipinski definition) is 4. The zero-order chi connectivity index (χ0) is 29.2. The molecule has 0 radical (unpaired) electrons. The lowest BCUT2D eigenvalue weighted by atomic mass is 9.84. The number of nitrogens with one attached hydrogen (secondary N) is 1. The maximum absolute atomic E-state index is 13.8. The summed E-state index contributed by atoms with van der Waals surface area (Å²) in [6.07, 6.45) is -2.73. The second-order valence-corrected chi connectivity index (χ2v) is 11.4. The molecule has 1 aliphatic rings. The first-order valence-corrected chi connectivity index (χ1v) is 13.9. The Labute approximate surface area is 230 Å². The lowest BCUT2D eigenvalue weighted by Gasteiger charge is -2.26. The van der Waals surface area contributed by atoms with Crippen LogP contribution < -0.4 is 21.1 Å².